The fraction of sp³-hybridized carbons (Fsp3) is 0.467. The van der Waals surface area contributed by atoms with Crippen molar-refractivity contribution in [2.45, 2.75) is 33.2 Å². The van der Waals surface area contributed by atoms with Gasteiger partial charge in [-0.1, -0.05) is 19.9 Å². The zero-order valence-corrected chi connectivity index (χ0v) is 12.4. The van der Waals surface area contributed by atoms with E-state index in [0.717, 1.165) is 0 Å². The number of amides is 1. The van der Waals surface area contributed by atoms with Gasteiger partial charge in [-0.15, -0.1) is 0 Å². The van der Waals surface area contributed by atoms with E-state index in [9.17, 15) is 9.59 Å². The molecule has 1 rings (SSSR count). The molecule has 0 bridgehead atoms. The molecule has 0 saturated heterocycles. The molecule has 20 heavy (non-hydrogen) atoms. The molecule has 0 saturated carbocycles. The van der Waals surface area contributed by atoms with E-state index in [1.807, 2.05) is 13.8 Å². The smallest absolute Gasteiger partial charge is 0.328 e. The van der Waals surface area contributed by atoms with Crippen molar-refractivity contribution in [2.75, 3.05) is 12.8 Å². The van der Waals surface area contributed by atoms with Crippen molar-refractivity contribution >= 4 is 17.6 Å². The first-order valence-electron chi connectivity index (χ1n) is 6.60. The maximum Gasteiger partial charge on any atom is 0.328 e. The van der Waals surface area contributed by atoms with Crippen LogP contribution in [-0.4, -0.2) is 25.0 Å². The molecule has 0 aliphatic rings. The van der Waals surface area contributed by atoms with Crippen molar-refractivity contribution in [1.82, 2.24) is 5.32 Å². The standard InChI is InChI=1S/C15H22N2O3/c1-9(2)8-13(15(19)20-4)17-14(18)11-6-5-7-12(16)10(11)3/h5-7,9,13H,8,16H2,1-4H3,(H,17,18)/t13-/m0/s1. The van der Waals surface area contributed by atoms with Crippen LogP contribution < -0.4 is 11.1 Å². The topological polar surface area (TPSA) is 81.4 Å². The molecule has 110 valence electrons. The maximum absolute atomic E-state index is 12.3. The summed E-state index contributed by atoms with van der Waals surface area (Å²) in [5.41, 5.74) is 7.52. The molecule has 0 aliphatic carbocycles. The van der Waals surface area contributed by atoms with Gasteiger partial charge in [0.25, 0.3) is 5.91 Å². The van der Waals surface area contributed by atoms with Crippen LogP contribution in [0.1, 0.15) is 36.2 Å². The van der Waals surface area contributed by atoms with Gasteiger partial charge in [0, 0.05) is 11.3 Å². The summed E-state index contributed by atoms with van der Waals surface area (Å²) >= 11 is 0. The first kappa shape index (κ1) is 16.0. The van der Waals surface area contributed by atoms with E-state index in [-0.39, 0.29) is 11.8 Å². The maximum atomic E-state index is 12.3. The van der Waals surface area contributed by atoms with Crippen molar-refractivity contribution in [2.24, 2.45) is 5.92 Å². The van der Waals surface area contributed by atoms with Crippen LogP contribution in [0.15, 0.2) is 18.2 Å². The van der Waals surface area contributed by atoms with E-state index >= 15 is 0 Å². The second-order valence-corrected chi connectivity index (χ2v) is 5.20. The third-order valence-electron chi connectivity index (χ3n) is 3.12. The lowest BCUT2D eigenvalue weighted by molar-refractivity contribution is -0.143. The van der Waals surface area contributed by atoms with Crippen LogP contribution in [-0.2, 0) is 9.53 Å². The van der Waals surface area contributed by atoms with Gasteiger partial charge in [-0.05, 0) is 37.0 Å². The highest BCUT2D eigenvalue weighted by Gasteiger charge is 2.23. The fourth-order valence-corrected chi connectivity index (χ4v) is 1.96. The summed E-state index contributed by atoms with van der Waals surface area (Å²) in [6.07, 6.45) is 0.528. The number of esters is 1. The summed E-state index contributed by atoms with van der Waals surface area (Å²) in [5.74, 6) is -0.485. The van der Waals surface area contributed by atoms with Crippen LogP contribution in [0.3, 0.4) is 0 Å². The SMILES string of the molecule is COC(=O)[C@H](CC(C)C)NC(=O)c1cccc(N)c1C. The lowest BCUT2D eigenvalue weighted by Gasteiger charge is -2.19. The highest BCUT2D eigenvalue weighted by atomic mass is 16.5. The van der Waals surface area contributed by atoms with Gasteiger partial charge < -0.3 is 15.8 Å². The van der Waals surface area contributed by atoms with E-state index in [4.69, 9.17) is 10.5 Å². The Morgan fingerprint density at radius 3 is 2.55 bits per heavy atom. The molecule has 0 spiro atoms. The number of anilines is 1. The molecular formula is C15H22N2O3. The van der Waals surface area contributed by atoms with E-state index in [2.05, 4.69) is 5.32 Å². The summed E-state index contributed by atoms with van der Waals surface area (Å²) in [6, 6.07) is 4.49. The Morgan fingerprint density at radius 2 is 2.00 bits per heavy atom. The average Bonchev–Trinajstić information content (AvgIpc) is 2.39. The van der Waals surface area contributed by atoms with Crippen molar-refractivity contribution in [1.29, 1.82) is 0 Å². The minimum atomic E-state index is -0.645. The quantitative estimate of drug-likeness (QED) is 0.636. The Balaban J connectivity index is 2.90. The van der Waals surface area contributed by atoms with Gasteiger partial charge in [0.2, 0.25) is 0 Å². The Bertz CT molecular complexity index is 498. The van der Waals surface area contributed by atoms with E-state index in [1.54, 1.807) is 25.1 Å². The molecule has 3 N–H and O–H groups in total. The summed E-state index contributed by atoms with van der Waals surface area (Å²) < 4.78 is 4.73. The molecule has 5 nitrogen and oxygen atoms in total. The summed E-state index contributed by atoms with van der Waals surface area (Å²) in [4.78, 5) is 24.0. The zero-order valence-electron chi connectivity index (χ0n) is 12.4. The predicted octanol–water partition coefficient (Wildman–Crippen LogP) is 1.89. The van der Waals surface area contributed by atoms with Gasteiger partial charge in [-0.25, -0.2) is 4.79 Å². The number of nitrogens with two attached hydrogens (primary N) is 1. The van der Waals surface area contributed by atoms with Crippen LogP contribution >= 0.6 is 0 Å². The number of nitrogen functional groups attached to an aromatic ring is 1. The molecule has 0 unspecified atom stereocenters. The molecule has 0 fully saturated rings. The van der Waals surface area contributed by atoms with Crippen LogP contribution in [0.4, 0.5) is 5.69 Å². The van der Waals surface area contributed by atoms with Crippen molar-refractivity contribution in [3.63, 3.8) is 0 Å². The van der Waals surface area contributed by atoms with Crippen molar-refractivity contribution in [3.05, 3.63) is 29.3 Å². The highest BCUT2D eigenvalue weighted by molar-refractivity contribution is 5.99. The fourth-order valence-electron chi connectivity index (χ4n) is 1.96. The summed E-state index contributed by atoms with van der Waals surface area (Å²) in [7, 11) is 1.31. The van der Waals surface area contributed by atoms with Gasteiger partial charge in [0.1, 0.15) is 6.04 Å². The second-order valence-electron chi connectivity index (χ2n) is 5.20. The Morgan fingerprint density at radius 1 is 1.35 bits per heavy atom. The monoisotopic (exact) mass is 278 g/mol. The number of ether oxygens (including phenoxy) is 1. The molecule has 0 aliphatic heterocycles. The summed E-state index contributed by atoms with van der Waals surface area (Å²) in [6.45, 7) is 5.74. The van der Waals surface area contributed by atoms with Gasteiger partial charge in [-0.3, -0.25) is 4.79 Å². The number of methoxy groups -OCH3 is 1. The van der Waals surface area contributed by atoms with E-state index in [0.29, 0.717) is 23.2 Å². The Kier molecular flexibility index (Phi) is 5.55. The molecule has 1 atom stereocenters. The molecule has 1 aromatic rings. The Hall–Kier alpha value is -2.04. The third-order valence-corrected chi connectivity index (χ3v) is 3.12. The molecule has 5 heteroatoms. The largest absolute Gasteiger partial charge is 0.467 e. The zero-order chi connectivity index (χ0) is 15.3. The number of carbonyl (C=O) groups is 2. The van der Waals surface area contributed by atoms with Crippen molar-refractivity contribution in [3.8, 4) is 0 Å². The molecule has 0 radical (unpaired) electrons. The van der Waals surface area contributed by atoms with Gasteiger partial charge in [0.05, 0.1) is 7.11 Å². The van der Waals surface area contributed by atoms with E-state index in [1.165, 1.54) is 7.11 Å². The van der Waals surface area contributed by atoms with Crippen LogP contribution in [0.2, 0.25) is 0 Å². The molecule has 1 amide bonds. The number of rotatable bonds is 5. The minimum Gasteiger partial charge on any atom is -0.467 e. The van der Waals surface area contributed by atoms with E-state index < -0.39 is 12.0 Å². The number of carbonyl (C=O) groups excluding carboxylic acids is 2. The number of benzene rings is 1. The lowest BCUT2D eigenvalue weighted by Crippen LogP contribution is -2.42. The number of hydrogen-bond donors (Lipinski definition) is 2. The second kappa shape index (κ2) is 6.93. The van der Waals surface area contributed by atoms with Gasteiger partial charge in [-0.2, -0.15) is 0 Å². The normalized spacial score (nSPS) is 12.1. The first-order valence-corrected chi connectivity index (χ1v) is 6.60. The van der Waals surface area contributed by atoms with Crippen LogP contribution in [0, 0.1) is 12.8 Å². The number of hydrogen-bond acceptors (Lipinski definition) is 4. The van der Waals surface area contributed by atoms with Crippen molar-refractivity contribution < 1.29 is 14.3 Å². The minimum absolute atomic E-state index is 0.265. The van der Waals surface area contributed by atoms with Crippen LogP contribution in [0.5, 0.6) is 0 Å². The van der Waals surface area contributed by atoms with Crippen LogP contribution in [0.25, 0.3) is 0 Å². The lowest BCUT2D eigenvalue weighted by atomic mass is 10.0. The van der Waals surface area contributed by atoms with Gasteiger partial charge >= 0.3 is 5.97 Å². The summed E-state index contributed by atoms with van der Waals surface area (Å²) in [5, 5.41) is 2.71. The molecule has 0 heterocycles. The third kappa shape index (κ3) is 3.98. The first-order chi connectivity index (χ1) is 9.36. The van der Waals surface area contributed by atoms with Gasteiger partial charge in [0.15, 0.2) is 0 Å². The molecule has 1 aromatic carbocycles. The molecular weight excluding hydrogens is 256 g/mol. The average molecular weight is 278 g/mol. The predicted molar refractivity (Wildman–Crippen MR) is 78.3 cm³/mol. The highest BCUT2D eigenvalue weighted by Crippen LogP contribution is 2.16. The molecule has 0 aromatic heterocycles. The Labute approximate surface area is 119 Å². The number of nitrogens with one attached hydrogen (secondary N) is 1.